The third-order valence-electron chi connectivity index (χ3n) is 3.08. The topological polar surface area (TPSA) is 78.1 Å². The molecule has 2 unspecified atom stereocenters. The van der Waals surface area contributed by atoms with Crippen molar-refractivity contribution >= 4 is 16.3 Å². The molecular formula is C11H13N3O3S. The molecule has 0 aliphatic carbocycles. The van der Waals surface area contributed by atoms with Gasteiger partial charge in [0.05, 0.1) is 17.9 Å². The lowest BCUT2D eigenvalue weighted by Crippen LogP contribution is -2.24. The van der Waals surface area contributed by atoms with Crippen LogP contribution in [0.4, 0.5) is 0 Å². The number of hydrogen-bond donors (Lipinski definition) is 2. The van der Waals surface area contributed by atoms with Crippen molar-refractivity contribution in [1.29, 1.82) is 0 Å². The fourth-order valence-corrected chi connectivity index (χ4v) is 2.91. The minimum absolute atomic E-state index is 0.100. The molecule has 0 aromatic carbocycles. The van der Waals surface area contributed by atoms with E-state index < -0.39 is 12.2 Å². The number of nitrogens with zero attached hydrogens (tertiary/aromatic N) is 3. The summed E-state index contributed by atoms with van der Waals surface area (Å²) in [7, 11) is 0. The van der Waals surface area contributed by atoms with Crippen LogP contribution >= 0.6 is 11.3 Å². The van der Waals surface area contributed by atoms with E-state index >= 15 is 0 Å². The summed E-state index contributed by atoms with van der Waals surface area (Å²) in [5.41, 5.74) is 0.570. The van der Waals surface area contributed by atoms with Crippen molar-refractivity contribution in [3.63, 3.8) is 0 Å². The molecule has 1 saturated heterocycles. The summed E-state index contributed by atoms with van der Waals surface area (Å²) >= 11 is 1.41. The maximum Gasteiger partial charge on any atom is 0.258 e. The lowest BCUT2D eigenvalue weighted by molar-refractivity contribution is 0.0572. The number of hydrogen-bond acceptors (Lipinski definition) is 6. The van der Waals surface area contributed by atoms with Crippen molar-refractivity contribution in [2.24, 2.45) is 0 Å². The zero-order chi connectivity index (χ0) is 12.7. The van der Waals surface area contributed by atoms with Crippen LogP contribution in [0.15, 0.2) is 22.4 Å². The first kappa shape index (κ1) is 11.8. The summed E-state index contributed by atoms with van der Waals surface area (Å²) in [6.45, 7) is 1.29. The van der Waals surface area contributed by atoms with Gasteiger partial charge in [0.2, 0.25) is 0 Å². The lowest BCUT2D eigenvalue weighted by atomic mass is 10.3. The first-order valence-electron chi connectivity index (χ1n) is 5.68. The summed E-state index contributed by atoms with van der Waals surface area (Å²) in [5, 5.41) is 20.7. The van der Waals surface area contributed by atoms with Crippen LogP contribution in [0.3, 0.4) is 0 Å². The summed E-state index contributed by atoms with van der Waals surface area (Å²) in [4.78, 5) is 18.7. The van der Waals surface area contributed by atoms with Crippen LogP contribution in [0.5, 0.6) is 0 Å². The number of likely N-dealkylation sites (tertiary alicyclic amines) is 1. The molecule has 0 spiro atoms. The van der Waals surface area contributed by atoms with E-state index in [1.165, 1.54) is 21.8 Å². The molecular weight excluding hydrogens is 254 g/mol. The lowest BCUT2D eigenvalue weighted by Gasteiger charge is -2.13. The largest absolute Gasteiger partial charge is 0.389 e. The second-order valence-corrected chi connectivity index (χ2v) is 5.34. The zero-order valence-electron chi connectivity index (χ0n) is 9.56. The smallest absolute Gasteiger partial charge is 0.258 e. The number of thiazole rings is 1. The van der Waals surface area contributed by atoms with Gasteiger partial charge in [-0.3, -0.25) is 14.1 Å². The van der Waals surface area contributed by atoms with Gasteiger partial charge >= 0.3 is 0 Å². The van der Waals surface area contributed by atoms with Crippen LogP contribution in [0.25, 0.3) is 4.96 Å². The Morgan fingerprint density at radius 1 is 1.39 bits per heavy atom. The molecule has 6 nitrogen and oxygen atoms in total. The van der Waals surface area contributed by atoms with Crippen LogP contribution in [0, 0.1) is 0 Å². The maximum atomic E-state index is 11.8. The van der Waals surface area contributed by atoms with Gasteiger partial charge in [-0.2, -0.15) is 0 Å². The van der Waals surface area contributed by atoms with Crippen LogP contribution in [0.1, 0.15) is 5.69 Å². The maximum absolute atomic E-state index is 11.8. The first-order valence-corrected chi connectivity index (χ1v) is 6.56. The molecule has 1 fully saturated rings. The van der Waals surface area contributed by atoms with E-state index in [1.54, 1.807) is 6.20 Å². The first-order chi connectivity index (χ1) is 8.63. The van der Waals surface area contributed by atoms with Gasteiger partial charge in [0.1, 0.15) is 0 Å². The standard InChI is InChI=1S/C11H13N3O3S/c15-8-5-13(6-9(8)16)4-7-3-10(17)14-1-2-18-11(14)12-7/h1-3,8-9,15-16H,4-6H2. The van der Waals surface area contributed by atoms with Crippen LogP contribution in [-0.4, -0.2) is 49.8 Å². The van der Waals surface area contributed by atoms with Gasteiger partial charge in [-0.15, -0.1) is 11.3 Å². The van der Waals surface area contributed by atoms with Gasteiger partial charge in [0.15, 0.2) is 4.96 Å². The van der Waals surface area contributed by atoms with Crippen molar-refractivity contribution in [2.45, 2.75) is 18.8 Å². The number of aliphatic hydroxyl groups is 2. The number of rotatable bonds is 2. The highest BCUT2D eigenvalue weighted by atomic mass is 32.1. The molecule has 0 radical (unpaired) electrons. The molecule has 0 bridgehead atoms. The second kappa shape index (κ2) is 4.43. The van der Waals surface area contributed by atoms with Gasteiger partial charge in [-0.1, -0.05) is 0 Å². The van der Waals surface area contributed by atoms with E-state index in [-0.39, 0.29) is 5.56 Å². The Balaban J connectivity index is 1.85. The van der Waals surface area contributed by atoms with E-state index in [2.05, 4.69) is 4.98 Å². The third kappa shape index (κ3) is 2.05. The van der Waals surface area contributed by atoms with Crippen molar-refractivity contribution in [3.05, 3.63) is 33.7 Å². The highest BCUT2D eigenvalue weighted by Gasteiger charge is 2.29. The van der Waals surface area contributed by atoms with Crippen LogP contribution in [0.2, 0.25) is 0 Å². The highest BCUT2D eigenvalue weighted by Crippen LogP contribution is 2.13. The molecule has 3 rings (SSSR count). The summed E-state index contributed by atoms with van der Waals surface area (Å²) in [6.07, 6.45) is 0.274. The predicted molar refractivity (Wildman–Crippen MR) is 66.6 cm³/mol. The molecule has 0 saturated carbocycles. The van der Waals surface area contributed by atoms with Gasteiger partial charge < -0.3 is 10.2 Å². The zero-order valence-corrected chi connectivity index (χ0v) is 10.4. The molecule has 3 heterocycles. The highest BCUT2D eigenvalue weighted by molar-refractivity contribution is 7.15. The molecule has 0 amide bonds. The molecule has 1 aliphatic heterocycles. The fraction of sp³-hybridized carbons (Fsp3) is 0.455. The molecule has 1 aliphatic rings. The molecule has 2 aromatic heterocycles. The molecule has 96 valence electrons. The molecule has 2 aromatic rings. The summed E-state index contributed by atoms with van der Waals surface area (Å²) in [5.74, 6) is 0. The monoisotopic (exact) mass is 267 g/mol. The molecule has 2 N–H and O–H groups in total. The van der Waals surface area contributed by atoms with Gasteiger partial charge in [0.25, 0.3) is 5.56 Å². The number of aliphatic hydroxyl groups excluding tert-OH is 2. The molecule has 18 heavy (non-hydrogen) atoms. The van der Waals surface area contributed by atoms with Gasteiger partial charge in [0, 0.05) is 37.3 Å². The Morgan fingerprint density at radius 2 is 2.11 bits per heavy atom. The Labute approximate surface area is 107 Å². The minimum Gasteiger partial charge on any atom is -0.389 e. The fourth-order valence-electron chi connectivity index (χ4n) is 2.17. The van der Waals surface area contributed by atoms with Crippen molar-refractivity contribution < 1.29 is 10.2 Å². The Kier molecular flexibility index (Phi) is 2.90. The number of β-amino-alcohol motifs (C(OH)–C–C–N with tert-alkyl or cyclic N) is 2. The SMILES string of the molecule is O=c1cc(CN2CC(O)C(O)C2)nc2sccn12. The second-order valence-electron chi connectivity index (χ2n) is 4.47. The summed E-state index contributed by atoms with van der Waals surface area (Å²) in [6, 6.07) is 1.50. The van der Waals surface area contributed by atoms with Crippen molar-refractivity contribution in [1.82, 2.24) is 14.3 Å². The average Bonchev–Trinajstić information content (AvgIpc) is 2.87. The van der Waals surface area contributed by atoms with Crippen LogP contribution < -0.4 is 5.56 Å². The Morgan fingerprint density at radius 3 is 2.83 bits per heavy atom. The van der Waals surface area contributed by atoms with Crippen molar-refractivity contribution in [3.8, 4) is 0 Å². The van der Waals surface area contributed by atoms with Gasteiger partial charge in [-0.25, -0.2) is 4.98 Å². The number of fused-ring (bicyclic) bond motifs is 1. The van der Waals surface area contributed by atoms with E-state index in [9.17, 15) is 15.0 Å². The average molecular weight is 267 g/mol. The quantitative estimate of drug-likeness (QED) is 0.752. The normalized spacial score (nSPS) is 25.0. The van der Waals surface area contributed by atoms with E-state index in [1.807, 2.05) is 10.3 Å². The molecule has 7 heteroatoms. The van der Waals surface area contributed by atoms with Crippen molar-refractivity contribution in [2.75, 3.05) is 13.1 Å². The van der Waals surface area contributed by atoms with Crippen LogP contribution in [-0.2, 0) is 6.54 Å². The summed E-state index contributed by atoms with van der Waals surface area (Å²) < 4.78 is 1.50. The Bertz CT molecular complexity index is 613. The third-order valence-corrected chi connectivity index (χ3v) is 3.83. The molecule has 2 atom stereocenters. The predicted octanol–water partition coefficient (Wildman–Crippen LogP) is -0.707. The van der Waals surface area contributed by atoms with E-state index in [0.717, 1.165) is 0 Å². The van der Waals surface area contributed by atoms with E-state index in [4.69, 9.17) is 0 Å². The van der Waals surface area contributed by atoms with E-state index in [0.29, 0.717) is 30.3 Å². The Hall–Kier alpha value is -1.28. The van der Waals surface area contributed by atoms with Gasteiger partial charge in [-0.05, 0) is 0 Å². The number of aromatic nitrogens is 2. The minimum atomic E-state index is -0.712.